The van der Waals surface area contributed by atoms with Crippen LogP contribution in [0.2, 0.25) is 0 Å². The van der Waals surface area contributed by atoms with Gasteiger partial charge in [0.05, 0.1) is 19.1 Å². The van der Waals surface area contributed by atoms with Crippen molar-refractivity contribution in [1.29, 1.82) is 0 Å². The van der Waals surface area contributed by atoms with Gasteiger partial charge >= 0.3 is 0 Å². The topological polar surface area (TPSA) is 95.9 Å². The van der Waals surface area contributed by atoms with Gasteiger partial charge in [-0.1, -0.05) is 64.5 Å². The standard InChI is InChI=1S/C21H25BrN2O5S/c22-19-9-5-4-8-17(19)15-29-18-10-12-24(13-11-18)30(27,28)20(14-21(25)23-26)16-6-2-1-3-7-16/h1-9,18,20,26H,10-15H2,(H,23,25)/t20-/m1/s1. The van der Waals surface area contributed by atoms with E-state index in [-0.39, 0.29) is 12.5 Å². The fraction of sp³-hybridized carbons (Fsp3) is 0.381. The highest BCUT2D eigenvalue weighted by molar-refractivity contribution is 9.10. The van der Waals surface area contributed by atoms with Crippen LogP contribution in [-0.2, 0) is 26.2 Å². The maximum Gasteiger partial charge on any atom is 0.245 e. The summed E-state index contributed by atoms with van der Waals surface area (Å²) in [5.41, 5.74) is 3.11. The number of nitrogens with one attached hydrogen (secondary N) is 1. The Bertz CT molecular complexity index is 947. The van der Waals surface area contributed by atoms with E-state index in [1.807, 2.05) is 24.3 Å². The van der Waals surface area contributed by atoms with Crippen molar-refractivity contribution in [1.82, 2.24) is 9.79 Å². The zero-order chi connectivity index (χ0) is 21.6. The number of hydroxylamine groups is 1. The summed E-state index contributed by atoms with van der Waals surface area (Å²) < 4.78 is 35.0. The monoisotopic (exact) mass is 496 g/mol. The third-order valence-electron chi connectivity index (χ3n) is 5.22. The predicted molar refractivity (Wildman–Crippen MR) is 116 cm³/mol. The predicted octanol–water partition coefficient (Wildman–Crippen LogP) is 3.40. The summed E-state index contributed by atoms with van der Waals surface area (Å²) in [5, 5.41) is 7.83. The van der Waals surface area contributed by atoms with Crippen molar-refractivity contribution in [3.8, 4) is 0 Å². The normalized spacial score (nSPS) is 16.9. The lowest BCUT2D eigenvalue weighted by molar-refractivity contribution is -0.129. The number of hydrogen-bond acceptors (Lipinski definition) is 5. The van der Waals surface area contributed by atoms with Gasteiger partial charge in [-0.2, -0.15) is 0 Å². The number of piperidine rings is 1. The SMILES string of the molecule is O=C(C[C@H](c1ccccc1)S(=O)(=O)N1CCC(OCc2ccccc2Br)CC1)NO. The minimum atomic E-state index is -3.78. The van der Waals surface area contributed by atoms with Gasteiger partial charge in [0.2, 0.25) is 15.9 Å². The molecule has 0 saturated carbocycles. The maximum atomic E-state index is 13.3. The molecule has 0 bridgehead atoms. The number of rotatable bonds is 8. The van der Waals surface area contributed by atoms with Crippen LogP contribution in [-0.4, -0.2) is 43.0 Å². The summed E-state index contributed by atoms with van der Waals surface area (Å²) in [4.78, 5) is 11.8. The van der Waals surface area contributed by atoms with E-state index < -0.39 is 21.2 Å². The van der Waals surface area contributed by atoms with Crippen LogP contribution in [0.1, 0.15) is 35.6 Å². The van der Waals surface area contributed by atoms with Gasteiger partial charge in [-0.15, -0.1) is 0 Å². The zero-order valence-corrected chi connectivity index (χ0v) is 18.8. The summed E-state index contributed by atoms with van der Waals surface area (Å²) in [6.45, 7) is 1.11. The molecule has 9 heteroatoms. The van der Waals surface area contributed by atoms with E-state index >= 15 is 0 Å². The molecule has 0 unspecified atom stereocenters. The Balaban J connectivity index is 1.64. The van der Waals surface area contributed by atoms with Crippen LogP contribution in [0, 0.1) is 0 Å². The minimum absolute atomic E-state index is 0.0283. The fourth-order valence-corrected chi connectivity index (χ4v) is 5.88. The number of hydrogen-bond donors (Lipinski definition) is 2. The number of carbonyl (C=O) groups excluding carboxylic acids is 1. The Labute approximate surface area is 185 Å². The molecule has 0 spiro atoms. The molecule has 1 atom stereocenters. The molecule has 2 aromatic carbocycles. The Kier molecular flexibility index (Phi) is 8.01. The molecule has 0 aliphatic carbocycles. The second kappa shape index (κ2) is 10.5. The van der Waals surface area contributed by atoms with Gasteiger partial charge < -0.3 is 4.74 Å². The Morgan fingerprint density at radius 2 is 1.77 bits per heavy atom. The quantitative estimate of drug-likeness (QED) is 0.431. The molecule has 1 aliphatic rings. The lowest BCUT2D eigenvalue weighted by Gasteiger charge is -2.33. The van der Waals surface area contributed by atoms with E-state index in [2.05, 4.69) is 15.9 Å². The van der Waals surface area contributed by atoms with Crippen molar-refractivity contribution in [2.45, 2.75) is 37.2 Å². The Morgan fingerprint density at radius 1 is 1.13 bits per heavy atom. The number of halogens is 1. The molecule has 3 rings (SSSR count). The first-order valence-electron chi connectivity index (χ1n) is 9.73. The highest BCUT2D eigenvalue weighted by atomic mass is 79.9. The molecule has 7 nitrogen and oxygen atoms in total. The first-order chi connectivity index (χ1) is 14.4. The average Bonchev–Trinajstić information content (AvgIpc) is 2.77. The Morgan fingerprint density at radius 3 is 2.40 bits per heavy atom. The van der Waals surface area contributed by atoms with Gasteiger partial charge in [0.1, 0.15) is 5.25 Å². The van der Waals surface area contributed by atoms with Crippen LogP contribution in [0.4, 0.5) is 0 Å². The first-order valence-corrected chi connectivity index (χ1v) is 12.0. The molecule has 0 radical (unpaired) electrons. The van der Waals surface area contributed by atoms with E-state index in [4.69, 9.17) is 9.94 Å². The van der Waals surface area contributed by atoms with Crippen molar-refractivity contribution in [3.63, 3.8) is 0 Å². The van der Waals surface area contributed by atoms with Crippen LogP contribution in [0.25, 0.3) is 0 Å². The summed E-state index contributed by atoms with van der Waals surface area (Å²) in [6.07, 6.45) is 0.787. The van der Waals surface area contributed by atoms with E-state index in [1.54, 1.807) is 30.3 Å². The molecule has 1 saturated heterocycles. The second-order valence-electron chi connectivity index (χ2n) is 7.18. The van der Waals surface area contributed by atoms with Crippen LogP contribution in [0.15, 0.2) is 59.1 Å². The molecular weight excluding hydrogens is 472 g/mol. The molecule has 1 amide bonds. The molecule has 1 fully saturated rings. The summed E-state index contributed by atoms with van der Waals surface area (Å²) in [5.74, 6) is -0.737. The number of sulfonamides is 1. The number of benzene rings is 2. The van der Waals surface area contributed by atoms with Crippen molar-refractivity contribution in [2.24, 2.45) is 0 Å². The smallest absolute Gasteiger partial charge is 0.245 e. The van der Waals surface area contributed by atoms with Gasteiger partial charge in [0.15, 0.2) is 0 Å². The minimum Gasteiger partial charge on any atom is -0.373 e. The second-order valence-corrected chi connectivity index (χ2v) is 10.2. The zero-order valence-electron chi connectivity index (χ0n) is 16.4. The van der Waals surface area contributed by atoms with E-state index in [1.165, 1.54) is 9.79 Å². The molecule has 0 aromatic heterocycles. The molecule has 2 aromatic rings. The summed E-state index contributed by atoms with van der Waals surface area (Å²) in [6, 6.07) is 16.4. The van der Waals surface area contributed by atoms with Gasteiger partial charge in [0, 0.05) is 17.6 Å². The summed E-state index contributed by atoms with van der Waals surface area (Å²) >= 11 is 3.50. The maximum absolute atomic E-state index is 13.3. The van der Waals surface area contributed by atoms with E-state index in [0.717, 1.165) is 10.0 Å². The lowest BCUT2D eigenvalue weighted by atomic mass is 10.1. The van der Waals surface area contributed by atoms with Gasteiger partial charge in [-0.3, -0.25) is 10.0 Å². The van der Waals surface area contributed by atoms with Gasteiger partial charge in [-0.05, 0) is 30.0 Å². The number of carbonyl (C=O) groups is 1. The van der Waals surface area contributed by atoms with Crippen molar-refractivity contribution in [2.75, 3.05) is 13.1 Å². The molecule has 162 valence electrons. The molecule has 1 heterocycles. The largest absolute Gasteiger partial charge is 0.373 e. The third kappa shape index (κ3) is 5.67. The number of nitrogens with zero attached hydrogens (tertiary/aromatic N) is 1. The number of ether oxygens (including phenoxy) is 1. The van der Waals surface area contributed by atoms with Crippen molar-refractivity contribution in [3.05, 3.63) is 70.2 Å². The molecular formula is C21H25BrN2O5S. The van der Waals surface area contributed by atoms with Crippen LogP contribution >= 0.6 is 15.9 Å². The fourth-order valence-electron chi connectivity index (χ4n) is 3.53. The van der Waals surface area contributed by atoms with E-state index in [0.29, 0.717) is 38.1 Å². The highest BCUT2D eigenvalue weighted by Crippen LogP contribution is 2.31. The van der Waals surface area contributed by atoms with E-state index in [9.17, 15) is 13.2 Å². The van der Waals surface area contributed by atoms with Crippen LogP contribution in [0.3, 0.4) is 0 Å². The molecule has 1 aliphatic heterocycles. The Hall–Kier alpha value is -1.78. The summed E-state index contributed by atoms with van der Waals surface area (Å²) in [7, 11) is -3.78. The molecule has 30 heavy (non-hydrogen) atoms. The van der Waals surface area contributed by atoms with Crippen LogP contribution in [0.5, 0.6) is 0 Å². The average molecular weight is 497 g/mol. The van der Waals surface area contributed by atoms with Crippen molar-refractivity contribution >= 4 is 31.9 Å². The lowest BCUT2D eigenvalue weighted by Crippen LogP contribution is -2.43. The number of amides is 1. The molecule has 2 N–H and O–H groups in total. The van der Waals surface area contributed by atoms with Gasteiger partial charge in [-0.25, -0.2) is 18.2 Å². The van der Waals surface area contributed by atoms with Gasteiger partial charge in [0.25, 0.3) is 0 Å². The van der Waals surface area contributed by atoms with Crippen molar-refractivity contribution < 1.29 is 23.2 Å². The van der Waals surface area contributed by atoms with Crippen LogP contribution < -0.4 is 5.48 Å². The highest BCUT2D eigenvalue weighted by Gasteiger charge is 2.37. The first kappa shape index (κ1) is 22.9. The third-order valence-corrected chi connectivity index (χ3v) is 8.24.